The molecule has 136 valence electrons. The van der Waals surface area contributed by atoms with E-state index in [9.17, 15) is 14.4 Å². The van der Waals surface area contributed by atoms with Crippen molar-refractivity contribution in [2.45, 2.75) is 32.6 Å². The van der Waals surface area contributed by atoms with E-state index in [4.69, 9.17) is 14.2 Å². The van der Waals surface area contributed by atoms with E-state index in [1.807, 2.05) is 18.2 Å². The molecule has 1 saturated carbocycles. The average Bonchev–Trinajstić information content (AvgIpc) is 3.04. The molecule has 0 spiro atoms. The number of hydrogen-bond donors (Lipinski definition) is 0. The van der Waals surface area contributed by atoms with Gasteiger partial charge in [0, 0.05) is 5.92 Å². The van der Waals surface area contributed by atoms with Crippen molar-refractivity contribution in [3.05, 3.63) is 35.9 Å². The summed E-state index contributed by atoms with van der Waals surface area (Å²) in [7, 11) is 1.30. The highest BCUT2D eigenvalue weighted by Gasteiger charge is 2.63. The van der Waals surface area contributed by atoms with Gasteiger partial charge in [-0.2, -0.15) is 0 Å². The van der Waals surface area contributed by atoms with Gasteiger partial charge in [0.2, 0.25) is 0 Å². The fourth-order valence-electron chi connectivity index (χ4n) is 3.69. The Labute approximate surface area is 147 Å². The Hall–Kier alpha value is -2.37. The Morgan fingerprint density at radius 2 is 1.60 bits per heavy atom. The molecule has 6 heteroatoms. The smallest absolute Gasteiger partial charge is 0.324 e. The minimum atomic E-state index is -1.54. The Kier molecular flexibility index (Phi) is 6.17. The molecule has 0 aromatic heterocycles. The molecule has 0 unspecified atom stereocenters. The Balaban J connectivity index is 2.60. The Bertz CT molecular complexity index is 606. The molecule has 1 aliphatic carbocycles. The number of hydrogen-bond acceptors (Lipinski definition) is 6. The van der Waals surface area contributed by atoms with E-state index in [0.29, 0.717) is 6.42 Å². The van der Waals surface area contributed by atoms with Gasteiger partial charge in [-0.05, 0) is 32.3 Å². The molecule has 6 nitrogen and oxygen atoms in total. The lowest BCUT2D eigenvalue weighted by molar-refractivity contribution is -0.173. The van der Waals surface area contributed by atoms with Crippen LogP contribution in [-0.2, 0) is 28.6 Å². The van der Waals surface area contributed by atoms with Crippen molar-refractivity contribution in [1.29, 1.82) is 0 Å². The van der Waals surface area contributed by atoms with Crippen molar-refractivity contribution in [1.82, 2.24) is 0 Å². The fraction of sp³-hybridized carbons (Fsp3) is 0.526. The lowest BCUT2D eigenvalue weighted by Crippen LogP contribution is -2.45. The standard InChI is InChI=1S/C19H24O6/c1-4-24-17(21)19(18(22)25-5-2)12-11-14(16(20)23-3)15(19)13-9-7-6-8-10-13/h6-10,14-15H,4-5,11-12H2,1-3H3/t14-,15-/m1/s1. The Morgan fingerprint density at radius 3 is 2.08 bits per heavy atom. The van der Waals surface area contributed by atoms with E-state index in [2.05, 4.69) is 0 Å². The van der Waals surface area contributed by atoms with Crippen LogP contribution in [0.4, 0.5) is 0 Å². The first-order valence-corrected chi connectivity index (χ1v) is 8.50. The van der Waals surface area contributed by atoms with Gasteiger partial charge in [-0.3, -0.25) is 14.4 Å². The lowest BCUT2D eigenvalue weighted by Gasteiger charge is -2.32. The highest BCUT2D eigenvalue weighted by atomic mass is 16.6. The molecule has 2 atom stereocenters. The third-order valence-corrected chi connectivity index (χ3v) is 4.72. The predicted octanol–water partition coefficient (Wildman–Crippen LogP) is 2.47. The molecule has 0 amide bonds. The van der Waals surface area contributed by atoms with Crippen LogP contribution in [0, 0.1) is 11.3 Å². The minimum Gasteiger partial charge on any atom is -0.469 e. The second-order valence-corrected chi connectivity index (χ2v) is 5.97. The van der Waals surface area contributed by atoms with Gasteiger partial charge in [-0.15, -0.1) is 0 Å². The fourth-order valence-corrected chi connectivity index (χ4v) is 3.69. The molecule has 25 heavy (non-hydrogen) atoms. The molecular formula is C19H24O6. The maximum absolute atomic E-state index is 12.8. The SMILES string of the molecule is CCOC(=O)C1(C(=O)OCC)CC[C@@H](C(=O)OC)[C@H]1c1ccccc1. The van der Waals surface area contributed by atoms with E-state index in [1.165, 1.54) is 7.11 Å². The molecule has 1 fully saturated rings. The monoisotopic (exact) mass is 348 g/mol. The van der Waals surface area contributed by atoms with Gasteiger partial charge in [-0.1, -0.05) is 30.3 Å². The van der Waals surface area contributed by atoms with Crippen molar-refractivity contribution in [3.8, 4) is 0 Å². The molecule has 0 bridgehead atoms. The Morgan fingerprint density at radius 1 is 1.04 bits per heavy atom. The summed E-state index contributed by atoms with van der Waals surface area (Å²) in [4.78, 5) is 38.0. The number of carbonyl (C=O) groups is 3. The van der Waals surface area contributed by atoms with Gasteiger partial charge in [0.15, 0.2) is 5.41 Å². The summed E-state index contributed by atoms with van der Waals surface area (Å²) in [6.07, 6.45) is 0.536. The summed E-state index contributed by atoms with van der Waals surface area (Å²) in [5.74, 6) is -3.02. The van der Waals surface area contributed by atoms with Crippen molar-refractivity contribution < 1.29 is 28.6 Å². The molecule has 0 radical (unpaired) electrons. The van der Waals surface area contributed by atoms with Crippen LogP contribution < -0.4 is 0 Å². The summed E-state index contributed by atoms with van der Waals surface area (Å²) in [6.45, 7) is 3.65. The zero-order valence-electron chi connectivity index (χ0n) is 14.8. The van der Waals surface area contributed by atoms with E-state index in [0.717, 1.165) is 5.56 Å². The number of carbonyl (C=O) groups excluding carboxylic acids is 3. The van der Waals surface area contributed by atoms with Crippen LogP contribution in [0.15, 0.2) is 30.3 Å². The van der Waals surface area contributed by atoms with Gasteiger partial charge in [0.1, 0.15) is 0 Å². The normalized spacial score (nSPS) is 21.4. The first-order valence-electron chi connectivity index (χ1n) is 8.50. The van der Waals surface area contributed by atoms with E-state index >= 15 is 0 Å². The minimum absolute atomic E-state index is 0.143. The zero-order valence-corrected chi connectivity index (χ0v) is 14.8. The molecule has 0 heterocycles. The molecule has 1 aromatic carbocycles. The van der Waals surface area contributed by atoms with Crippen molar-refractivity contribution >= 4 is 17.9 Å². The van der Waals surface area contributed by atoms with Crippen LogP contribution in [0.1, 0.15) is 38.2 Å². The first kappa shape index (κ1) is 19.0. The third-order valence-electron chi connectivity index (χ3n) is 4.72. The molecule has 0 N–H and O–H groups in total. The van der Waals surface area contributed by atoms with Crippen LogP contribution in [-0.4, -0.2) is 38.2 Å². The molecule has 0 aliphatic heterocycles. The number of rotatable bonds is 6. The summed E-state index contributed by atoms with van der Waals surface area (Å²) < 4.78 is 15.4. The molecule has 1 aromatic rings. The van der Waals surface area contributed by atoms with Crippen molar-refractivity contribution in [2.75, 3.05) is 20.3 Å². The van der Waals surface area contributed by atoms with Crippen molar-refractivity contribution in [2.24, 2.45) is 11.3 Å². The van der Waals surface area contributed by atoms with Gasteiger partial charge in [-0.25, -0.2) is 0 Å². The van der Waals surface area contributed by atoms with E-state index in [-0.39, 0.29) is 19.6 Å². The van der Waals surface area contributed by atoms with Crippen LogP contribution in [0.25, 0.3) is 0 Å². The van der Waals surface area contributed by atoms with Crippen LogP contribution in [0.2, 0.25) is 0 Å². The van der Waals surface area contributed by atoms with Crippen LogP contribution in [0.5, 0.6) is 0 Å². The van der Waals surface area contributed by atoms with Gasteiger partial charge in [0.05, 0.1) is 26.2 Å². The van der Waals surface area contributed by atoms with Crippen molar-refractivity contribution in [3.63, 3.8) is 0 Å². The van der Waals surface area contributed by atoms with Crippen LogP contribution >= 0.6 is 0 Å². The average molecular weight is 348 g/mol. The summed E-state index contributed by atoms with van der Waals surface area (Å²) in [6, 6.07) is 9.06. The maximum Gasteiger partial charge on any atom is 0.324 e. The topological polar surface area (TPSA) is 78.9 Å². The molecule has 0 saturated heterocycles. The van der Waals surface area contributed by atoms with Gasteiger partial charge < -0.3 is 14.2 Å². The highest BCUT2D eigenvalue weighted by molar-refractivity contribution is 6.02. The molecule has 1 aliphatic rings. The first-order chi connectivity index (χ1) is 12.0. The summed E-state index contributed by atoms with van der Waals surface area (Å²) >= 11 is 0. The van der Waals surface area contributed by atoms with E-state index in [1.54, 1.807) is 26.0 Å². The molecule has 2 rings (SSSR count). The maximum atomic E-state index is 12.8. The van der Waals surface area contributed by atoms with Gasteiger partial charge >= 0.3 is 17.9 Å². The second kappa shape index (κ2) is 8.14. The van der Waals surface area contributed by atoms with Crippen LogP contribution in [0.3, 0.4) is 0 Å². The number of methoxy groups -OCH3 is 1. The quantitative estimate of drug-likeness (QED) is 0.446. The number of ether oxygens (including phenoxy) is 3. The third kappa shape index (κ3) is 3.38. The highest BCUT2D eigenvalue weighted by Crippen LogP contribution is 2.54. The van der Waals surface area contributed by atoms with Gasteiger partial charge in [0.25, 0.3) is 0 Å². The summed E-state index contributed by atoms with van der Waals surface area (Å²) in [5, 5.41) is 0. The number of esters is 3. The molecular weight excluding hydrogens is 324 g/mol. The summed E-state index contributed by atoms with van der Waals surface area (Å²) in [5.41, 5.74) is -0.816. The zero-order chi connectivity index (χ0) is 18.4. The predicted molar refractivity (Wildman–Crippen MR) is 89.6 cm³/mol. The largest absolute Gasteiger partial charge is 0.469 e. The van der Waals surface area contributed by atoms with E-state index < -0.39 is 35.2 Å². The lowest BCUT2D eigenvalue weighted by atomic mass is 9.71. The number of benzene rings is 1. The second-order valence-electron chi connectivity index (χ2n) is 5.97.